The van der Waals surface area contributed by atoms with Gasteiger partial charge in [0.25, 0.3) is 0 Å². The summed E-state index contributed by atoms with van der Waals surface area (Å²) in [6, 6.07) is 5.91. The van der Waals surface area contributed by atoms with Crippen molar-refractivity contribution in [2.75, 3.05) is 7.11 Å². The van der Waals surface area contributed by atoms with Crippen LogP contribution in [0.2, 0.25) is 0 Å². The van der Waals surface area contributed by atoms with Crippen molar-refractivity contribution in [3.8, 4) is 11.5 Å². The van der Waals surface area contributed by atoms with Crippen LogP contribution in [0.15, 0.2) is 18.2 Å². The summed E-state index contributed by atoms with van der Waals surface area (Å²) in [7, 11) is 1.67. The van der Waals surface area contributed by atoms with Gasteiger partial charge in [-0.25, -0.2) is 0 Å². The molecule has 3 heteroatoms. The molecule has 0 bridgehead atoms. The summed E-state index contributed by atoms with van der Waals surface area (Å²) in [6.45, 7) is 6.00. The molecule has 0 aliphatic rings. The molecule has 0 aliphatic heterocycles. The number of nitrogens with two attached hydrogens (primary N) is 1. The smallest absolute Gasteiger partial charge is 0.126 e. The highest BCUT2D eigenvalue weighted by Gasteiger charge is 2.12. The SMILES string of the molecule is COc1cccc(OC(C)C)c1CC(C)N. The monoisotopic (exact) mass is 223 g/mol. The molecule has 0 saturated carbocycles. The van der Waals surface area contributed by atoms with Crippen molar-refractivity contribution >= 4 is 0 Å². The van der Waals surface area contributed by atoms with Gasteiger partial charge in [0.15, 0.2) is 0 Å². The predicted octanol–water partition coefficient (Wildman–Crippen LogP) is 2.37. The molecule has 0 spiro atoms. The van der Waals surface area contributed by atoms with Crippen LogP contribution in [0, 0.1) is 0 Å². The minimum Gasteiger partial charge on any atom is -0.496 e. The zero-order valence-corrected chi connectivity index (χ0v) is 10.5. The lowest BCUT2D eigenvalue weighted by atomic mass is 10.1. The van der Waals surface area contributed by atoms with Crippen molar-refractivity contribution in [1.82, 2.24) is 0 Å². The van der Waals surface area contributed by atoms with Crippen LogP contribution in [0.25, 0.3) is 0 Å². The largest absolute Gasteiger partial charge is 0.496 e. The molecule has 90 valence electrons. The fraction of sp³-hybridized carbons (Fsp3) is 0.538. The third-order valence-electron chi connectivity index (χ3n) is 2.20. The van der Waals surface area contributed by atoms with Crippen LogP contribution >= 0.6 is 0 Å². The van der Waals surface area contributed by atoms with E-state index >= 15 is 0 Å². The molecule has 0 radical (unpaired) electrons. The van der Waals surface area contributed by atoms with Gasteiger partial charge in [0.1, 0.15) is 11.5 Å². The first-order chi connectivity index (χ1) is 7.54. The molecule has 1 unspecified atom stereocenters. The molecule has 1 rings (SSSR count). The zero-order chi connectivity index (χ0) is 12.1. The summed E-state index contributed by atoms with van der Waals surface area (Å²) < 4.78 is 11.1. The average molecular weight is 223 g/mol. The molecular formula is C13H21NO2. The Bertz CT molecular complexity index is 335. The van der Waals surface area contributed by atoms with Gasteiger partial charge in [0.05, 0.1) is 13.2 Å². The minimum atomic E-state index is 0.0887. The van der Waals surface area contributed by atoms with E-state index in [0.717, 1.165) is 23.5 Å². The summed E-state index contributed by atoms with van der Waals surface area (Å²) in [5, 5.41) is 0. The van der Waals surface area contributed by atoms with E-state index in [1.807, 2.05) is 39.0 Å². The molecule has 0 fully saturated rings. The van der Waals surface area contributed by atoms with Crippen molar-refractivity contribution in [3.63, 3.8) is 0 Å². The second-order valence-corrected chi connectivity index (χ2v) is 4.28. The maximum Gasteiger partial charge on any atom is 0.126 e. The Morgan fingerprint density at radius 2 is 1.81 bits per heavy atom. The Hall–Kier alpha value is -1.22. The molecule has 0 aliphatic carbocycles. The number of hydrogen-bond acceptors (Lipinski definition) is 3. The fourth-order valence-corrected chi connectivity index (χ4v) is 1.62. The van der Waals surface area contributed by atoms with Crippen molar-refractivity contribution in [3.05, 3.63) is 23.8 Å². The van der Waals surface area contributed by atoms with Gasteiger partial charge in [-0.2, -0.15) is 0 Å². The van der Waals surface area contributed by atoms with Crippen LogP contribution in [-0.4, -0.2) is 19.3 Å². The van der Waals surface area contributed by atoms with Gasteiger partial charge in [-0.15, -0.1) is 0 Å². The third-order valence-corrected chi connectivity index (χ3v) is 2.20. The van der Waals surface area contributed by atoms with Crippen LogP contribution in [-0.2, 0) is 6.42 Å². The molecule has 0 aromatic heterocycles. The first-order valence-corrected chi connectivity index (χ1v) is 5.62. The van der Waals surface area contributed by atoms with E-state index in [0.29, 0.717) is 0 Å². The Morgan fingerprint density at radius 1 is 1.19 bits per heavy atom. The molecule has 1 atom stereocenters. The Balaban J connectivity index is 3.04. The quantitative estimate of drug-likeness (QED) is 0.833. The average Bonchev–Trinajstić information content (AvgIpc) is 2.19. The molecule has 0 heterocycles. The van der Waals surface area contributed by atoms with Crippen molar-refractivity contribution < 1.29 is 9.47 Å². The molecule has 3 nitrogen and oxygen atoms in total. The first-order valence-electron chi connectivity index (χ1n) is 5.62. The van der Waals surface area contributed by atoms with Gasteiger partial charge in [0, 0.05) is 11.6 Å². The Labute approximate surface area is 97.6 Å². The Kier molecular flexibility index (Phi) is 4.62. The van der Waals surface area contributed by atoms with E-state index in [2.05, 4.69) is 0 Å². The van der Waals surface area contributed by atoms with Gasteiger partial charge in [-0.3, -0.25) is 0 Å². The molecule has 16 heavy (non-hydrogen) atoms. The van der Waals surface area contributed by atoms with Crippen LogP contribution in [0.1, 0.15) is 26.3 Å². The lowest BCUT2D eigenvalue weighted by molar-refractivity contribution is 0.238. The van der Waals surface area contributed by atoms with E-state index in [9.17, 15) is 0 Å². The van der Waals surface area contributed by atoms with Crippen LogP contribution in [0.4, 0.5) is 0 Å². The number of methoxy groups -OCH3 is 1. The number of ether oxygens (including phenoxy) is 2. The van der Waals surface area contributed by atoms with Crippen LogP contribution < -0.4 is 15.2 Å². The zero-order valence-electron chi connectivity index (χ0n) is 10.5. The van der Waals surface area contributed by atoms with Gasteiger partial charge in [-0.05, 0) is 39.3 Å². The molecule has 2 N–H and O–H groups in total. The topological polar surface area (TPSA) is 44.5 Å². The predicted molar refractivity (Wildman–Crippen MR) is 66.1 cm³/mol. The highest BCUT2D eigenvalue weighted by Crippen LogP contribution is 2.30. The standard InChI is InChI=1S/C13H21NO2/c1-9(2)16-13-7-5-6-12(15-4)11(13)8-10(3)14/h5-7,9-10H,8,14H2,1-4H3. The highest BCUT2D eigenvalue weighted by molar-refractivity contribution is 5.45. The minimum absolute atomic E-state index is 0.0887. The Morgan fingerprint density at radius 3 is 2.31 bits per heavy atom. The van der Waals surface area contributed by atoms with Crippen LogP contribution in [0.3, 0.4) is 0 Å². The lowest BCUT2D eigenvalue weighted by Gasteiger charge is -2.18. The summed E-state index contributed by atoms with van der Waals surface area (Å²) >= 11 is 0. The van der Waals surface area contributed by atoms with E-state index in [4.69, 9.17) is 15.2 Å². The second kappa shape index (κ2) is 5.75. The van der Waals surface area contributed by atoms with Gasteiger partial charge in [0.2, 0.25) is 0 Å². The molecule has 1 aromatic carbocycles. The maximum atomic E-state index is 5.84. The summed E-state index contributed by atoms with van der Waals surface area (Å²) in [5.74, 6) is 1.71. The van der Waals surface area contributed by atoms with Gasteiger partial charge in [-0.1, -0.05) is 6.07 Å². The van der Waals surface area contributed by atoms with E-state index < -0.39 is 0 Å². The summed E-state index contributed by atoms with van der Waals surface area (Å²) in [5.41, 5.74) is 6.89. The van der Waals surface area contributed by atoms with Crippen LogP contribution in [0.5, 0.6) is 11.5 Å². The van der Waals surface area contributed by atoms with E-state index in [1.165, 1.54) is 0 Å². The lowest BCUT2D eigenvalue weighted by Crippen LogP contribution is -2.19. The molecule has 0 amide bonds. The van der Waals surface area contributed by atoms with Crippen molar-refractivity contribution in [1.29, 1.82) is 0 Å². The summed E-state index contributed by atoms with van der Waals surface area (Å²) in [4.78, 5) is 0. The van der Waals surface area contributed by atoms with Crippen molar-refractivity contribution in [2.45, 2.75) is 39.3 Å². The third kappa shape index (κ3) is 3.42. The number of hydrogen-bond donors (Lipinski definition) is 1. The normalized spacial score (nSPS) is 12.6. The van der Waals surface area contributed by atoms with Crippen molar-refractivity contribution in [2.24, 2.45) is 5.73 Å². The number of benzene rings is 1. The van der Waals surface area contributed by atoms with E-state index in [1.54, 1.807) is 7.11 Å². The van der Waals surface area contributed by atoms with E-state index in [-0.39, 0.29) is 12.1 Å². The van der Waals surface area contributed by atoms with Gasteiger partial charge < -0.3 is 15.2 Å². The maximum absolute atomic E-state index is 5.84. The fourth-order valence-electron chi connectivity index (χ4n) is 1.62. The number of rotatable bonds is 5. The summed E-state index contributed by atoms with van der Waals surface area (Å²) in [6.07, 6.45) is 0.908. The highest BCUT2D eigenvalue weighted by atomic mass is 16.5. The molecule has 1 aromatic rings. The first kappa shape index (κ1) is 12.8. The molecule has 0 saturated heterocycles. The molecular weight excluding hydrogens is 202 g/mol. The van der Waals surface area contributed by atoms with Gasteiger partial charge >= 0.3 is 0 Å². The second-order valence-electron chi connectivity index (χ2n) is 4.28.